The Balaban J connectivity index is 1.99. The van der Waals surface area contributed by atoms with Crippen molar-refractivity contribution in [2.45, 2.75) is 27.2 Å². The van der Waals surface area contributed by atoms with E-state index in [1.165, 1.54) is 7.11 Å². The molecular weight excluding hydrogens is 362 g/mol. The molecule has 2 rings (SSSR count). The summed E-state index contributed by atoms with van der Waals surface area (Å²) in [6.07, 6.45) is 0.538. The Kier molecular flexibility index (Phi) is 7.20. The van der Waals surface area contributed by atoms with Crippen LogP contribution in [-0.4, -0.2) is 43.0 Å². The summed E-state index contributed by atoms with van der Waals surface area (Å²) in [5, 5.41) is 5.25. The monoisotopic (exact) mass is 387 g/mol. The summed E-state index contributed by atoms with van der Waals surface area (Å²) in [6, 6.07) is 6.94. The molecule has 0 saturated heterocycles. The second-order valence-electron chi connectivity index (χ2n) is 6.01. The van der Waals surface area contributed by atoms with E-state index < -0.39 is 11.9 Å². The highest BCUT2D eigenvalue weighted by atomic mass is 16.5. The standard InChI is InChI=1S/C20H25N3O5/c1-5-15-17(20(26)27-4)12(3)18(23-15)19(25)21-11-16(24)22-13-7-9-14(10-8-13)28-6-2/h7-10,23H,5-6,11H2,1-4H3,(H,21,25)(H,22,24). The number of aromatic amines is 1. The van der Waals surface area contributed by atoms with Gasteiger partial charge in [0.25, 0.3) is 5.91 Å². The van der Waals surface area contributed by atoms with Gasteiger partial charge in [-0.2, -0.15) is 0 Å². The minimum absolute atomic E-state index is 0.209. The SMILES string of the molecule is CCOc1ccc(NC(=O)CNC(=O)c2[nH]c(CC)c(C(=O)OC)c2C)cc1. The molecule has 0 spiro atoms. The van der Waals surface area contributed by atoms with E-state index in [4.69, 9.17) is 9.47 Å². The normalized spacial score (nSPS) is 10.3. The van der Waals surface area contributed by atoms with Crippen LogP contribution in [0.2, 0.25) is 0 Å². The molecule has 0 atom stereocenters. The molecule has 8 heteroatoms. The van der Waals surface area contributed by atoms with Crippen molar-refractivity contribution in [2.24, 2.45) is 0 Å². The van der Waals surface area contributed by atoms with Crippen LogP contribution in [0, 0.1) is 6.92 Å². The average Bonchev–Trinajstić information content (AvgIpc) is 3.03. The highest BCUT2D eigenvalue weighted by Crippen LogP contribution is 2.20. The number of ether oxygens (including phenoxy) is 2. The van der Waals surface area contributed by atoms with E-state index in [1.54, 1.807) is 31.2 Å². The number of nitrogens with one attached hydrogen (secondary N) is 3. The Hall–Kier alpha value is -3.29. The Morgan fingerprint density at radius 3 is 2.36 bits per heavy atom. The first-order valence-corrected chi connectivity index (χ1v) is 9.01. The molecular formula is C20H25N3O5. The fourth-order valence-electron chi connectivity index (χ4n) is 2.78. The van der Waals surface area contributed by atoms with Crippen molar-refractivity contribution in [3.8, 4) is 5.75 Å². The first kappa shape index (κ1) is 21.0. The number of methoxy groups -OCH3 is 1. The smallest absolute Gasteiger partial charge is 0.339 e. The number of amides is 2. The van der Waals surface area contributed by atoms with Crippen molar-refractivity contribution in [1.29, 1.82) is 0 Å². The van der Waals surface area contributed by atoms with Crippen molar-refractivity contribution in [2.75, 3.05) is 25.6 Å². The number of H-pyrrole nitrogens is 1. The number of esters is 1. The molecule has 0 aliphatic heterocycles. The first-order chi connectivity index (χ1) is 13.4. The Morgan fingerprint density at radius 1 is 1.11 bits per heavy atom. The van der Waals surface area contributed by atoms with Gasteiger partial charge >= 0.3 is 5.97 Å². The second kappa shape index (κ2) is 9.59. The lowest BCUT2D eigenvalue weighted by Gasteiger charge is -2.08. The van der Waals surface area contributed by atoms with Crippen LogP contribution in [0.15, 0.2) is 24.3 Å². The van der Waals surface area contributed by atoms with Gasteiger partial charge in [-0.05, 0) is 50.1 Å². The van der Waals surface area contributed by atoms with Crippen molar-refractivity contribution in [3.05, 3.63) is 46.8 Å². The Labute approximate surface area is 163 Å². The number of anilines is 1. The van der Waals surface area contributed by atoms with E-state index in [-0.39, 0.29) is 18.1 Å². The molecule has 150 valence electrons. The number of carbonyl (C=O) groups is 3. The number of hydrogen-bond donors (Lipinski definition) is 3. The zero-order chi connectivity index (χ0) is 20.7. The van der Waals surface area contributed by atoms with Gasteiger partial charge in [0.2, 0.25) is 5.91 Å². The Bertz CT molecular complexity index is 855. The number of hydrogen-bond acceptors (Lipinski definition) is 5. The van der Waals surface area contributed by atoms with E-state index in [9.17, 15) is 14.4 Å². The van der Waals surface area contributed by atoms with Crippen molar-refractivity contribution < 1.29 is 23.9 Å². The fraction of sp³-hybridized carbons (Fsp3) is 0.350. The van der Waals surface area contributed by atoms with Gasteiger partial charge in [-0.1, -0.05) is 6.92 Å². The van der Waals surface area contributed by atoms with Crippen LogP contribution in [0.4, 0.5) is 5.69 Å². The number of aromatic nitrogens is 1. The molecule has 1 aromatic carbocycles. The number of aryl methyl sites for hydroxylation is 1. The summed E-state index contributed by atoms with van der Waals surface area (Å²) >= 11 is 0. The van der Waals surface area contributed by atoms with Crippen LogP contribution >= 0.6 is 0 Å². The van der Waals surface area contributed by atoms with E-state index in [1.807, 2.05) is 13.8 Å². The molecule has 1 heterocycles. The predicted molar refractivity (Wildman–Crippen MR) is 105 cm³/mol. The lowest BCUT2D eigenvalue weighted by Crippen LogP contribution is -2.33. The van der Waals surface area contributed by atoms with Gasteiger partial charge in [0.15, 0.2) is 0 Å². The summed E-state index contributed by atoms with van der Waals surface area (Å²) in [4.78, 5) is 39.4. The molecule has 28 heavy (non-hydrogen) atoms. The minimum atomic E-state index is -0.502. The maximum absolute atomic E-state index is 12.4. The third-order valence-electron chi connectivity index (χ3n) is 4.16. The van der Waals surface area contributed by atoms with Crippen LogP contribution in [0.3, 0.4) is 0 Å². The lowest BCUT2D eigenvalue weighted by molar-refractivity contribution is -0.115. The molecule has 0 unspecified atom stereocenters. The average molecular weight is 387 g/mol. The van der Waals surface area contributed by atoms with Gasteiger partial charge < -0.3 is 25.1 Å². The molecule has 0 bridgehead atoms. The van der Waals surface area contributed by atoms with Gasteiger partial charge in [0.05, 0.1) is 25.8 Å². The number of rotatable bonds is 8. The molecule has 0 aliphatic carbocycles. The Morgan fingerprint density at radius 2 is 1.79 bits per heavy atom. The topological polar surface area (TPSA) is 110 Å². The van der Waals surface area contributed by atoms with Gasteiger partial charge in [0, 0.05) is 11.4 Å². The highest BCUT2D eigenvalue weighted by Gasteiger charge is 2.23. The lowest BCUT2D eigenvalue weighted by atomic mass is 10.1. The first-order valence-electron chi connectivity index (χ1n) is 9.01. The van der Waals surface area contributed by atoms with Crippen molar-refractivity contribution >= 4 is 23.5 Å². The minimum Gasteiger partial charge on any atom is -0.494 e. The molecule has 3 N–H and O–H groups in total. The van der Waals surface area contributed by atoms with Crippen molar-refractivity contribution in [3.63, 3.8) is 0 Å². The zero-order valence-corrected chi connectivity index (χ0v) is 16.5. The maximum Gasteiger partial charge on any atom is 0.339 e. The zero-order valence-electron chi connectivity index (χ0n) is 16.5. The largest absolute Gasteiger partial charge is 0.494 e. The van der Waals surface area contributed by atoms with Gasteiger partial charge in [-0.15, -0.1) is 0 Å². The van der Waals surface area contributed by atoms with E-state index in [0.717, 1.165) is 0 Å². The van der Waals surface area contributed by atoms with E-state index >= 15 is 0 Å². The highest BCUT2D eigenvalue weighted by molar-refractivity contribution is 6.02. The van der Waals surface area contributed by atoms with Crippen molar-refractivity contribution in [1.82, 2.24) is 10.3 Å². The van der Waals surface area contributed by atoms with E-state index in [0.29, 0.717) is 41.3 Å². The molecule has 0 radical (unpaired) electrons. The van der Waals surface area contributed by atoms with Crippen LogP contribution in [0.1, 0.15) is 46.0 Å². The van der Waals surface area contributed by atoms with Crippen LogP contribution < -0.4 is 15.4 Å². The van der Waals surface area contributed by atoms with Crippen LogP contribution in [0.5, 0.6) is 5.75 Å². The summed E-state index contributed by atoms with van der Waals surface area (Å²) in [5.41, 5.74) is 2.31. The molecule has 0 aliphatic rings. The van der Waals surface area contributed by atoms with Crippen LogP contribution in [-0.2, 0) is 16.0 Å². The second-order valence-corrected chi connectivity index (χ2v) is 6.01. The third kappa shape index (κ3) is 4.91. The third-order valence-corrected chi connectivity index (χ3v) is 4.16. The molecule has 2 amide bonds. The van der Waals surface area contributed by atoms with Gasteiger partial charge in [-0.3, -0.25) is 9.59 Å². The predicted octanol–water partition coefficient (Wildman–Crippen LogP) is 2.44. The molecule has 0 saturated carbocycles. The molecule has 8 nitrogen and oxygen atoms in total. The summed E-state index contributed by atoms with van der Waals surface area (Å²) in [5.74, 6) is -0.628. The van der Waals surface area contributed by atoms with Gasteiger partial charge in [-0.25, -0.2) is 4.79 Å². The summed E-state index contributed by atoms with van der Waals surface area (Å²) < 4.78 is 10.1. The molecule has 1 aromatic heterocycles. The summed E-state index contributed by atoms with van der Waals surface area (Å²) in [6.45, 7) is 5.77. The molecule has 0 fully saturated rings. The number of benzene rings is 1. The maximum atomic E-state index is 12.4. The van der Waals surface area contributed by atoms with Crippen LogP contribution in [0.25, 0.3) is 0 Å². The summed E-state index contributed by atoms with van der Waals surface area (Å²) in [7, 11) is 1.29. The van der Waals surface area contributed by atoms with Gasteiger partial charge in [0.1, 0.15) is 11.4 Å². The number of carbonyl (C=O) groups excluding carboxylic acids is 3. The molecule has 2 aromatic rings. The fourth-order valence-corrected chi connectivity index (χ4v) is 2.78. The quantitative estimate of drug-likeness (QED) is 0.603. The van der Waals surface area contributed by atoms with E-state index in [2.05, 4.69) is 15.6 Å².